The van der Waals surface area contributed by atoms with E-state index >= 15 is 0 Å². The van der Waals surface area contributed by atoms with Crippen molar-refractivity contribution in [3.05, 3.63) is 45.0 Å². The van der Waals surface area contributed by atoms with E-state index in [9.17, 15) is 18.3 Å². The SMILES string of the molecule is Oc1c(C(F)(F)F)ccnc1-c1ccc(Cl)c(Cl)c1Cl. The van der Waals surface area contributed by atoms with Gasteiger partial charge in [-0.25, -0.2) is 0 Å². The van der Waals surface area contributed by atoms with Crippen molar-refractivity contribution in [3.63, 3.8) is 0 Å². The standard InChI is InChI=1S/C12H5Cl3F3NO/c13-7-2-1-5(8(14)9(7)15)10-11(20)6(3-4-19-10)12(16,17)18/h1-4,20H. The first-order valence-corrected chi connectivity index (χ1v) is 6.26. The Morgan fingerprint density at radius 2 is 1.65 bits per heavy atom. The molecule has 0 aliphatic rings. The maximum absolute atomic E-state index is 12.7. The average Bonchev–Trinajstić information content (AvgIpc) is 2.36. The molecule has 0 amide bonds. The number of pyridine rings is 1. The third-order valence-electron chi connectivity index (χ3n) is 2.52. The van der Waals surface area contributed by atoms with Crippen molar-refractivity contribution in [3.8, 4) is 17.0 Å². The van der Waals surface area contributed by atoms with Crippen LogP contribution in [-0.2, 0) is 6.18 Å². The van der Waals surface area contributed by atoms with Crippen LogP contribution in [0.2, 0.25) is 15.1 Å². The Balaban J connectivity index is 2.69. The quantitative estimate of drug-likeness (QED) is 0.701. The van der Waals surface area contributed by atoms with Gasteiger partial charge in [-0.15, -0.1) is 0 Å². The molecular formula is C12H5Cl3F3NO. The van der Waals surface area contributed by atoms with Gasteiger partial charge in [-0.2, -0.15) is 13.2 Å². The Morgan fingerprint density at radius 3 is 2.25 bits per heavy atom. The lowest BCUT2D eigenvalue weighted by Crippen LogP contribution is -2.06. The van der Waals surface area contributed by atoms with Crippen molar-refractivity contribution in [2.45, 2.75) is 6.18 Å². The molecule has 0 fully saturated rings. The van der Waals surface area contributed by atoms with E-state index in [-0.39, 0.29) is 26.3 Å². The number of aromatic nitrogens is 1. The molecule has 2 nitrogen and oxygen atoms in total. The fourth-order valence-corrected chi connectivity index (χ4v) is 2.21. The molecule has 0 spiro atoms. The number of nitrogens with zero attached hydrogens (tertiary/aromatic N) is 1. The lowest BCUT2D eigenvalue weighted by molar-refractivity contribution is -0.138. The zero-order valence-corrected chi connectivity index (χ0v) is 11.7. The van der Waals surface area contributed by atoms with Crippen LogP contribution in [0, 0.1) is 0 Å². The summed E-state index contributed by atoms with van der Waals surface area (Å²) in [6.45, 7) is 0. The molecule has 2 rings (SSSR count). The zero-order chi connectivity index (χ0) is 15.1. The summed E-state index contributed by atoms with van der Waals surface area (Å²) in [5.74, 6) is -1.01. The van der Waals surface area contributed by atoms with Crippen LogP contribution in [0.25, 0.3) is 11.3 Å². The number of rotatable bonds is 1. The number of benzene rings is 1. The van der Waals surface area contributed by atoms with Gasteiger partial charge >= 0.3 is 6.18 Å². The molecule has 0 atom stereocenters. The summed E-state index contributed by atoms with van der Waals surface area (Å²) in [6, 6.07) is 3.36. The molecule has 0 aliphatic heterocycles. The van der Waals surface area contributed by atoms with Gasteiger partial charge in [0, 0.05) is 11.8 Å². The summed E-state index contributed by atoms with van der Waals surface area (Å²) in [7, 11) is 0. The van der Waals surface area contributed by atoms with Crippen molar-refractivity contribution in [1.29, 1.82) is 0 Å². The van der Waals surface area contributed by atoms with E-state index in [1.165, 1.54) is 12.1 Å². The number of aromatic hydroxyl groups is 1. The molecule has 1 heterocycles. The van der Waals surface area contributed by atoms with Crippen molar-refractivity contribution < 1.29 is 18.3 Å². The third-order valence-corrected chi connectivity index (χ3v) is 3.81. The van der Waals surface area contributed by atoms with Gasteiger partial charge in [0.15, 0.2) is 5.75 Å². The monoisotopic (exact) mass is 341 g/mol. The fraction of sp³-hybridized carbons (Fsp3) is 0.0833. The van der Waals surface area contributed by atoms with Crippen LogP contribution in [0.4, 0.5) is 13.2 Å². The second-order valence-corrected chi connectivity index (χ2v) is 4.94. The van der Waals surface area contributed by atoms with E-state index in [0.717, 1.165) is 6.20 Å². The molecule has 0 bridgehead atoms. The zero-order valence-electron chi connectivity index (χ0n) is 9.47. The Kier molecular flexibility index (Phi) is 4.04. The summed E-state index contributed by atoms with van der Waals surface area (Å²) >= 11 is 17.5. The highest BCUT2D eigenvalue weighted by Crippen LogP contribution is 2.44. The summed E-state index contributed by atoms with van der Waals surface area (Å²) in [6.07, 6.45) is -3.78. The Hall–Kier alpha value is -1.17. The fourth-order valence-electron chi connectivity index (χ4n) is 1.59. The Labute approximate surface area is 126 Å². The second-order valence-electron chi connectivity index (χ2n) is 3.78. The predicted octanol–water partition coefficient (Wildman–Crippen LogP) is 5.43. The molecular weight excluding hydrogens is 337 g/mol. The van der Waals surface area contributed by atoms with Crippen LogP contribution in [0.3, 0.4) is 0 Å². The number of halogens is 6. The molecule has 0 aliphatic carbocycles. The van der Waals surface area contributed by atoms with E-state index in [2.05, 4.69) is 4.98 Å². The minimum atomic E-state index is -4.70. The maximum atomic E-state index is 12.7. The van der Waals surface area contributed by atoms with Crippen LogP contribution in [0.1, 0.15) is 5.56 Å². The summed E-state index contributed by atoms with van der Waals surface area (Å²) < 4.78 is 38.2. The van der Waals surface area contributed by atoms with Crippen molar-refractivity contribution >= 4 is 34.8 Å². The molecule has 0 radical (unpaired) electrons. The van der Waals surface area contributed by atoms with Gasteiger partial charge in [0.1, 0.15) is 11.3 Å². The van der Waals surface area contributed by atoms with Gasteiger partial charge in [-0.1, -0.05) is 34.8 Å². The highest BCUT2D eigenvalue weighted by Gasteiger charge is 2.35. The van der Waals surface area contributed by atoms with Crippen molar-refractivity contribution in [2.24, 2.45) is 0 Å². The van der Waals surface area contributed by atoms with E-state index in [4.69, 9.17) is 34.8 Å². The molecule has 1 aromatic heterocycles. The number of hydrogen-bond donors (Lipinski definition) is 1. The lowest BCUT2D eigenvalue weighted by Gasteiger charge is -2.13. The van der Waals surface area contributed by atoms with Gasteiger partial charge in [0.2, 0.25) is 0 Å². The van der Waals surface area contributed by atoms with Gasteiger partial charge < -0.3 is 5.11 Å². The summed E-state index contributed by atoms with van der Waals surface area (Å²) in [5.41, 5.74) is -1.46. The Bertz CT molecular complexity index is 674. The molecule has 0 unspecified atom stereocenters. The minimum absolute atomic E-state index is 0.0237. The third kappa shape index (κ3) is 2.66. The molecule has 1 aromatic carbocycles. The van der Waals surface area contributed by atoms with Crippen LogP contribution < -0.4 is 0 Å². The maximum Gasteiger partial charge on any atom is 0.420 e. The Morgan fingerprint density at radius 1 is 1.00 bits per heavy atom. The number of hydrogen-bond acceptors (Lipinski definition) is 2. The van der Waals surface area contributed by atoms with E-state index in [1.807, 2.05) is 0 Å². The van der Waals surface area contributed by atoms with Crippen LogP contribution in [0.5, 0.6) is 5.75 Å². The average molecular weight is 343 g/mol. The molecule has 2 aromatic rings. The van der Waals surface area contributed by atoms with Crippen LogP contribution in [0.15, 0.2) is 24.4 Å². The highest BCUT2D eigenvalue weighted by molar-refractivity contribution is 6.49. The smallest absolute Gasteiger partial charge is 0.420 e. The molecule has 0 saturated heterocycles. The van der Waals surface area contributed by atoms with Gasteiger partial charge in [0.25, 0.3) is 0 Å². The summed E-state index contributed by atoms with van der Waals surface area (Å²) in [5, 5.41) is 9.78. The van der Waals surface area contributed by atoms with Crippen LogP contribution >= 0.6 is 34.8 Å². The first-order valence-electron chi connectivity index (χ1n) is 5.12. The van der Waals surface area contributed by atoms with Gasteiger partial charge in [-0.05, 0) is 18.2 Å². The topological polar surface area (TPSA) is 33.1 Å². The second kappa shape index (κ2) is 5.31. The molecule has 20 heavy (non-hydrogen) atoms. The first-order chi connectivity index (χ1) is 9.23. The van der Waals surface area contributed by atoms with Crippen molar-refractivity contribution in [1.82, 2.24) is 4.98 Å². The molecule has 8 heteroatoms. The first kappa shape index (κ1) is 15.2. The lowest BCUT2D eigenvalue weighted by atomic mass is 10.1. The molecule has 1 N–H and O–H groups in total. The minimum Gasteiger partial charge on any atom is -0.505 e. The summed E-state index contributed by atoms with van der Waals surface area (Å²) in [4.78, 5) is 3.72. The highest BCUT2D eigenvalue weighted by atomic mass is 35.5. The van der Waals surface area contributed by atoms with E-state index in [1.54, 1.807) is 0 Å². The van der Waals surface area contributed by atoms with E-state index < -0.39 is 17.5 Å². The van der Waals surface area contributed by atoms with E-state index in [0.29, 0.717) is 6.07 Å². The normalized spacial score (nSPS) is 11.7. The molecule has 0 saturated carbocycles. The van der Waals surface area contributed by atoms with Crippen LogP contribution in [-0.4, -0.2) is 10.1 Å². The molecule has 106 valence electrons. The van der Waals surface area contributed by atoms with Crippen molar-refractivity contribution in [2.75, 3.05) is 0 Å². The van der Waals surface area contributed by atoms with Gasteiger partial charge in [0.05, 0.1) is 15.1 Å². The number of alkyl halides is 3. The largest absolute Gasteiger partial charge is 0.505 e. The predicted molar refractivity (Wildman–Crippen MR) is 71.4 cm³/mol. The van der Waals surface area contributed by atoms with Gasteiger partial charge in [-0.3, -0.25) is 4.98 Å².